The second-order valence-electron chi connectivity index (χ2n) is 5.56. The van der Waals surface area contributed by atoms with Gasteiger partial charge in [0.25, 0.3) is 5.91 Å². The predicted octanol–water partition coefficient (Wildman–Crippen LogP) is 2.37. The Balaban J connectivity index is 2.39. The third kappa shape index (κ3) is 8.57. The number of thiocarbonyl (C=S) groups is 1. The molecule has 0 radical (unpaired) electrons. The van der Waals surface area contributed by atoms with Crippen molar-refractivity contribution in [1.29, 1.82) is 0 Å². The van der Waals surface area contributed by atoms with Crippen molar-refractivity contribution in [1.82, 2.24) is 10.6 Å². The summed E-state index contributed by atoms with van der Waals surface area (Å²) in [6.07, 6.45) is 1.62. The van der Waals surface area contributed by atoms with Gasteiger partial charge in [0.2, 0.25) is 5.91 Å². The van der Waals surface area contributed by atoms with E-state index >= 15 is 0 Å². The number of nitrogens with one attached hydrogen (secondary N) is 3. The van der Waals surface area contributed by atoms with E-state index in [1.165, 1.54) is 0 Å². The number of carbonyl (C=O) groups is 3. The van der Waals surface area contributed by atoms with Crippen LogP contribution in [0.15, 0.2) is 24.3 Å². The second-order valence-corrected chi connectivity index (χ2v) is 5.96. The molecule has 7 nitrogen and oxygen atoms in total. The maximum atomic E-state index is 11.8. The van der Waals surface area contributed by atoms with Gasteiger partial charge >= 0.3 is 5.97 Å². The second kappa shape index (κ2) is 12.0. The summed E-state index contributed by atoms with van der Waals surface area (Å²) in [6.45, 7) is 4.86. The number of ether oxygens (including phenoxy) is 1. The molecule has 8 heteroatoms. The molecule has 0 unspecified atom stereocenters. The molecule has 0 aromatic heterocycles. The van der Waals surface area contributed by atoms with E-state index in [-0.39, 0.29) is 29.8 Å². The molecule has 1 rings (SSSR count). The van der Waals surface area contributed by atoms with Gasteiger partial charge < -0.3 is 20.7 Å². The lowest BCUT2D eigenvalue weighted by Gasteiger charge is -2.10. The summed E-state index contributed by atoms with van der Waals surface area (Å²) < 4.78 is 4.90. The highest BCUT2D eigenvalue weighted by Crippen LogP contribution is 2.09. The lowest BCUT2D eigenvalue weighted by Crippen LogP contribution is -2.34. The van der Waals surface area contributed by atoms with Crippen LogP contribution < -0.4 is 16.0 Å². The van der Waals surface area contributed by atoms with Gasteiger partial charge in [-0.05, 0) is 49.3 Å². The fraction of sp³-hybridized carbons (Fsp3) is 0.444. The lowest BCUT2D eigenvalue weighted by atomic mass is 10.2. The zero-order valence-corrected chi connectivity index (χ0v) is 15.9. The molecule has 0 aliphatic carbocycles. The first-order chi connectivity index (χ1) is 12.5. The Kier molecular flexibility index (Phi) is 9.93. The number of esters is 1. The fourth-order valence-corrected chi connectivity index (χ4v) is 2.13. The molecule has 0 aliphatic rings. The van der Waals surface area contributed by atoms with Crippen LogP contribution in [0.25, 0.3) is 0 Å². The van der Waals surface area contributed by atoms with Crippen LogP contribution in [-0.4, -0.2) is 36.0 Å². The number of rotatable bonds is 9. The van der Waals surface area contributed by atoms with E-state index in [1.54, 1.807) is 24.3 Å². The zero-order valence-electron chi connectivity index (χ0n) is 15.1. The molecule has 0 heterocycles. The predicted molar refractivity (Wildman–Crippen MR) is 104 cm³/mol. The van der Waals surface area contributed by atoms with Crippen LogP contribution in [0.2, 0.25) is 0 Å². The molecule has 3 N–H and O–H groups in total. The van der Waals surface area contributed by atoms with E-state index in [0.717, 1.165) is 12.8 Å². The number of benzene rings is 1. The Bertz CT molecular complexity index is 632. The Labute approximate surface area is 158 Å². The summed E-state index contributed by atoms with van der Waals surface area (Å²) in [6, 6.07) is 6.73. The van der Waals surface area contributed by atoms with Gasteiger partial charge in [0.1, 0.15) is 0 Å². The van der Waals surface area contributed by atoms with Crippen molar-refractivity contribution in [3.63, 3.8) is 0 Å². The fourth-order valence-electron chi connectivity index (χ4n) is 1.90. The van der Waals surface area contributed by atoms with Crippen molar-refractivity contribution in [3.05, 3.63) is 29.8 Å². The van der Waals surface area contributed by atoms with Crippen LogP contribution in [0, 0.1) is 0 Å². The van der Waals surface area contributed by atoms with E-state index in [4.69, 9.17) is 17.0 Å². The van der Waals surface area contributed by atoms with Crippen molar-refractivity contribution in [2.24, 2.45) is 0 Å². The summed E-state index contributed by atoms with van der Waals surface area (Å²) in [5.74, 6) is -0.909. The molecule has 0 saturated heterocycles. The first-order valence-corrected chi connectivity index (χ1v) is 9.01. The number of amides is 2. The molecule has 0 spiro atoms. The van der Waals surface area contributed by atoms with Crippen molar-refractivity contribution >= 4 is 40.8 Å². The number of anilines is 1. The van der Waals surface area contributed by atoms with E-state index in [9.17, 15) is 14.4 Å². The smallest absolute Gasteiger partial charge is 0.306 e. The average Bonchev–Trinajstić information content (AvgIpc) is 2.63. The monoisotopic (exact) mass is 379 g/mol. The van der Waals surface area contributed by atoms with Crippen molar-refractivity contribution in [2.45, 2.75) is 39.5 Å². The normalized spacial score (nSPS) is 9.92. The molecule has 0 atom stereocenters. The van der Waals surface area contributed by atoms with Gasteiger partial charge in [0.15, 0.2) is 5.11 Å². The zero-order chi connectivity index (χ0) is 19.4. The van der Waals surface area contributed by atoms with Crippen LogP contribution >= 0.6 is 12.2 Å². The van der Waals surface area contributed by atoms with Gasteiger partial charge in [-0.3, -0.25) is 14.4 Å². The van der Waals surface area contributed by atoms with E-state index in [2.05, 4.69) is 16.0 Å². The minimum atomic E-state index is -0.405. The van der Waals surface area contributed by atoms with Gasteiger partial charge in [0.05, 0.1) is 13.0 Å². The first kappa shape index (κ1) is 21.6. The largest absolute Gasteiger partial charge is 0.466 e. The first-order valence-electron chi connectivity index (χ1n) is 8.61. The van der Waals surface area contributed by atoms with Crippen molar-refractivity contribution in [2.75, 3.05) is 18.5 Å². The maximum absolute atomic E-state index is 11.8. The SMILES string of the molecule is CCCNC(=O)c1ccc(NC(=S)NC(=O)CCC(=O)OCCC)cc1. The van der Waals surface area contributed by atoms with Crippen molar-refractivity contribution < 1.29 is 19.1 Å². The third-order valence-electron chi connectivity index (χ3n) is 3.22. The van der Waals surface area contributed by atoms with Gasteiger partial charge in [0, 0.05) is 24.2 Å². The van der Waals surface area contributed by atoms with Crippen LogP contribution in [-0.2, 0) is 14.3 Å². The third-order valence-corrected chi connectivity index (χ3v) is 3.42. The van der Waals surface area contributed by atoms with Crippen molar-refractivity contribution in [3.8, 4) is 0 Å². The number of carbonyl (C=O) groups excluding carboxylic acids is 3. The molecule has 142 valence electrons. The number of hydrogen-bond acceptors (Lipinski definition) is 5. The Morgan fingerprint density at radius 3 is 2.35 bits per heavy atom. The maximum Gasteiger partial charge on any atom is 0.306 e. The van der Waals surface area contributed by atoms with Crippen LogP contribution in [0.1, 0.15) is 49.9 Å². The Morgan fingerprint density at radius 2 is 1.73 bits per heavy atom. The Morgan fingerprint density at radius 1 is 1.04 bits per heavy atom. The highest BCUT2D eigenvalue weighted by atomic mass is 32.1. The molecule has 2 amide bonds. The summed E-state index contributed by atoms with van der Waals surface area (Å²) in [7, 11) is 0. The number of hydrogen-bond donors (Lipinski definition) is 3. The summed E-state index contributed by atoms with van der Waals surface area (Å²) in [4.78, 5) is 34.9. The topological polar surface area (TPSA) is 96.5 Å². The summed E-state index contributed by atoms with van der Waals surface area (Å²) >= 11 is 5.07. The van der Waals surface area contributed by atoms with Gasteiger partial charge in [-0.2, -0.15) is 0 Å². The highest BCUT2D eigenvalue weighted by molar-refractivity contribution is 7.80. The lowest BCUT2D eigenvalue weighted by molar-refractivity contribution is -0.144. The molecule has 1 aromatic rings. The van der Waals surface area contributed by atoms with Gasteiger partial charge in [-0.25, -0.2) is 0 Å². The van der Waals surface area contributed by atoms with E-state index in [1.807, 2.05) is 13.8 Å². The van der Waals surface area contributed by atoms with E-state index < -0.39 is 5.97 Å². The molecule has 0 bridgehead atoms. The van der Waals surface area contributed by atoms with Crippen LogP contribution in [0.5, 0.6) is 0 Å². The van der Waals surface area contributed by atoms with Gasteiger partial charge in [-0.1, -0.05) is 13.8 Å². The van der Waals surface area contributed by atoms with Gasteiger partial charge in [-0.15, -0.1) is 0 Å². The van der Waals surface area contributed by atoms with Crippen LogP contribution in [0.4, 0.5) is 5.69 Å². The average molecular weight is 379 g/mol. The minimum absolute atomic E-state index is 0.000898. The standard InChI is InChI=1S/C18H25N3O4S/c1-3-11-19-17(24)13-5-7-14(8-6-13)20-18(26)21-15(22)9-10-16(23)25-12-4-2/h5-8H,3-4,9-12H2,1-2H3,(H,19,24)(H2,20,21,22,26). The molecular weight excluding hydrogens is 354 g/mol. The van der Waals surface area contributed by atoms with E-state index in [0.29, 0.717) is 24.4 Å². The van der Waals surface area contributed by atoms with Crippen LogP contribution in [0.3, 0.4) is 0 Å². The minimum Gasteiger partial charge on any atom is -0.466 e. The molecular formula is C18H25N3O4S. The molecule has 1 aromatic carbocycles. The summed E-state index contributed by atoms with van der Waals surface area (Å²) in [5, 5.41) is 8.27. The molecule has 0 saturated carbocycles. The highest BCUT2D eigenvalue weighted by Gasteiger charge is 2.10. The molecule has 0 aliphatic heterocycles. The quantitative estimate of drug-likeness (QED) is 0.450. The molecule has 0 fully saturated rings. The Hall–Kier alpha value is -2.48. The molecule has 26 heavy (non-hydrogen) atoms. The summed E-state index contributed by atoms with van der Waals surface area (Å²) in [5.41, 5.74) is 1.19.